The second-order valence-corrected chi connectivity index (χ2v) is 3.68. The van der Waals surface area contributed by atoms with E-state index in [-0.39, 0.29) is 24.0 Å². The molecular weight excluding hydrogens is 208 g/mol. The molecule has 0 aliphatic carbocycles. The fourth-order valence-electron chi connectivity index (χ4n) is 1.38. The maximum atomic E-state index is 11.6. The van der Waals surface area contributed by atoms with Crippen molar-refractivity contribution in [3.63, 3.8) is 0 Å². The second kappa shape index (κ2) is 7.84. The number of ketones is 1. The highest BCUT2D eigenvalue weighted by Gasteiger charge is 2.19. The molecule has 0 aromatic rings. The number of carbonyl (C=O) groups is 3. The molecule has 0 aliphatic rings. The smallest absolute Gasteiger partial charge is 0.219 e. The minimum absolute atomic E-state index is 0.0124. The summed E-state index contributed by atoms with van der Waals surface area (Å²) >= 11 is 0. The van der Waals surface area contributed by atoms with Gasteiger partial charge in [0.05, 0.1) is 6.04 Å². The number of amides is 2. The number of nitrogens with one attached hydrogen (secondary N) is 2. The van der Waals surface area contributed by atoms with Crippen LogP contribution in [0.3, 0.4) is 0 Å². The molecule has 5 heteroatoms. The lowest BCUT2D eigenvalue weighted by atomic mass is 10.0. The fraction of sp³-hybridized carbons (Fsp3) is 0.727. The van der Waals surface area contributed by atoms with Crippen molar-refractivity contribution in [2.45, 2.75) is 45.6 Å². The molecule has 2 N–H and O–H groups in total. The molecule has 0 radical (unpaired) electrons. The third-order valence-corrected chi connectivity index (χ3v) is 2.20. The van der Waals surface area contributed by atoms with E-state index in [1.807, 2.05) is 6.92 Å². The molecule has 0 aromatic heterocycles. The molecule has 0 fully saturated rings. The van der Waals surface area contributed by atoms with Crippen LogP contribution in [-0.2, 0) is 14.4 Å². The lowest BCUT2D eigenvalue weighted by molar-refractivity contribution is -0.127. The predicted octanol–water partition coefficient (Wildman–Crippen LogP) is 0.386. The van der Waals surface area contributed by atoms with E-state index in [0.717, 1.165) is 6.42 Å². The van der Waals surface area contributed by atoms with Gasteiger partial charge in [-0.25, -0.2) is 0 Å². The summed E-state index contributed by atoms with van der Waals surface area (Å²) in [5, 5.41) is 5.06. The maximum Gasteiger partial charge on any atom is 0.219 e. The molecule has 16 heavy (non-hydrogen) atoms. The highest BCUT2D eigenvalue weighted by atomic mass is 16.2. The van der Waals surface area contributed by atoms with Gasteiger partial charge in [-0.1, -0.05) is 6.92 Å². The van der Waals surface area contributed by atoms with Crippen molar-refractivity contribution >= 4 is 17.6 Å². The van der Waals surface area contributed by atoms with Gasteiger partial charge in [-0.2, -0.15) is 0 Å². The maximum absolute atomic E-state index is 11.6. The van der Waals surface area contributed by atoms with Crippen LogP contribution < -0.4 is 10.6 Å². The van der Waals surface area contributed by atoms with Crippen LogP contribution in [0.25, 0.3) is 0 Å². The molecule has 5 nitrogen and oxygen atoms in total. The van der Waals surface area contributed by atoms with Crippen molar-refractivity contribution in [1.82, 2.24) is 10.6 Å². The first-order chi connectivity index (χ1) is 7.51. The molecule has 92 valence electrons. The van der Waals surface area contributed by atoms with Crippen molar-refractivity contribution in [3.05, 3.63) is 0 Å². The topological polar surface area (TPSA) is 75.3 Å². The van der Waals surface area contributed by atoms with Crippen LogP contribution in [-0.4, -0.2) is 30.7 Å². The minimum atomic E-state index is -0.533. The van der Waals surface area contributed by atoms with E-state index in [9.17, 15) is 14.4 Å². The van der Waals surface area contributed by atoms with Gasteiger partial charge in [-0.3, -0.25) is 14.4 Å². The Kier molecular flexibility index (Phi) is 7.16. The Bertz CT molecular complexity index is 264. The first kappa shape index (κ1) is 14.6. The lowest BCUT2D eigenvalue weighted by Crippen LogP contribution is -2.40. The molecule has 2 amide bonds. The van der Waals surface area contributed by atoms with E-state index in [0.29, 0.717) is 12.8 Å². The van der Waals surface area contributed by atoms with Gasteiger partial charge in [0, 0.05) is 26.8 Å². The van der Waals surface area contributed by atoms with Gasteiger partial charge in [0.2, 0.25) is 11.8 Å². The van der Waals surface area contributed by atoms with E-state index < -0.39 is 6.04 Å². The molecular formula is C11H20N2O3. The van der Waals surface area contributed by atoms with Gasteiger partial charge in [0.1, 0.15) is 0 Å². The average molecular weight is 228 g/mol. The molecule has 0 bridgehead atoms. The molecule has 0 aliphatic heterocycles. The third-order valence-electron chi connectivity index (χ3n) is 2.20. The first-order valence-corrected chi connectivity index (χ1v) is 5.51. The van der Waals surface area contributed by atoms with E-state index in [1.165, 1.54) is 6.92 Å². The Balaban J connectivity index is 4.25. The number of Topliss-reactive ketones (excluding diaryl/α,β-unsaturated/α-hetero) is 1. The summed E-state index contributed by atoms with van der Waals surface area (Å²) < 4.78 is 0. The van der Waals surface area contributed by atoms with Crippen LogP contribution >= 0.6 is 0 Å². The molecule has 1 unspecified atom stereocenters. The number of hydrogen-bond donors (Lipinski definition) is 2. The number of carbonyl (C=O) groups excluding carboxylic acids is 3. The Labute approximate surface area is 96.0 Å². The van der Waals surface area contributed by atoms with Gasteiger partial charge in [0.15, 0.2) is 5.78 Å². The van der Waals surface area contributed by atoms with Gasteiger partial charge >= 0.3 is 0 Å². The van der Waals surface area contributed by atoms with E-state index >= 15 is 0 Å². The standard InChI is InChI=1S/C11H20N2O3/c1-4-5-10(15)9(13-8(2)14)6-7-11(16)12-3/h9H,4-7H2,1-3H3,(H,12,16)(H,13,14). The van der Waals surface area contributed by atoms with Gasteiger partial charge in [-0.05, 0) is 12.8 Å². The molecule has 0 aromatic carbocycles. The Morgan fingerprint density at radius 2 is 1.81 bits per heavy atom. The Morgan fingerprint density at radius 1 is 1.19 bits per heavy atom. The zero-order valence-corrected chi connectivity index (χ0v) is 10.1. The summed E-state index contributed by atoms with van der Waals surface area (Å²) in [5.41, 5.74) is 0. The van der Waals surface area contributed by atoms with Gasteiger partial charge in [-0.15, -0.1) is 0 Å². The third kappa shape index (κ3) is 6.16. The van der Waals surface area contributed by atoms with Gasteiger partial charge in [0.25, 0.3) is 0 Å². The molecule has 0 heterocycles. The largest absolute Gasteiger partial charge is 0.359 e. The van der Waals surface area contributed by atoms with Crippen molar-refractivity contribution in [2.75, 3.05) is 7.05 Å². The first-order valence-electron chi connectivity index (χ1n) is 5.51. The van der Waals surface area contributed by atoms with Crippen LogP contribution in [0, 0.1) is 0 Å². The van der Waals surface area contributed by atoms with Crippen molar-refractivity contribution < 1.29 is 14.4 Å². The average Bonchev–Trinajstić information content (AvgIpc) is 2.23. The predicted molar refractivity (Wildman–Crippen MR) is 60.8 cm³/mol. The van der Waals surface area contributed by atoms with Crippen molar-refractivity contribution in [1.29, 1.82) is 0 Å². The normalized spacial score (nSPS) is 11.7. The van der Waals surface area contributed by atoms with Crippen LogP contribution in [0.1, 0.15) is 39.5 Å². The summed E-state index contributed by atoms with van der Waals surface area (Å²) in [4.78, 5) is 33.6. The minimum Gasteiger partial charge on any atom is -0.359 e. The molecule has 0 spiro atoms. The van der Waals surface area contributed by atoms with E-state index in [4.69, 9.17) is 0 Å². The van der Waals surface area contributed by atoms with E-state index in [1.54, 1.807) is 7.05 Å². The Hall–Kier alpha value is -1.39. The molecule has 0 rings (SSSR count). The monoisotopic (exact) mass is 228 g/mol. The van der Waals surface area contributed by atoms with Crippen molar-refractivity contribution in [2.24, 2.45) is 0 Å². The molecule has 0 saturated heterocycles. The highest BCUT2D eigenvalue weighted by molar-refractivity contribution is 5.89. The van der Waals surface area contributed by atoms with Crippen LogP contribution in [0.4, 0.5) is 0 Å². The van der Waals surface area contributed by atoms with Crippen LogP contribution in [0.2, 0.25) is 0 Å². The SMILES string of the molecule is CCCC(=O)C(CCC(=O)NC)NC(C)=O. The molecule has 0 saturated carbocycles. The molecule has 1 atom stereocenters. The second-order valence-electron chi connectivity index (χ2n) is 3.68. The number of rotatable bonds is 7. The number of hydrogen-bond acceptors (Lipinski definition) is 3. The zero-order chi connectivity index (χ0) is 12.6. The summed E-state index contributed by atoms with van der Waals surface area (Å²) in [7, 11) is 1.55. The lowest BCUT2D eigenvalue weighted by Gasteiger charge is -2.15. The summed E-state index contributed by atoms with van der Waals surface area (Å²) in [5.74, 6) is -0.382. The van der Waals surface area contributed by atoms with Crippen molar-refractivity contribution in [3.8, 4) is 0 Å². The summed E-state index contributed by atoms with van der Waals surface area (Å²) in [6, 6.07) is -0.533. The van der Waals surface area contributed by atoms with E-state index in [2.05, 4.69) is 10.6 Å². The summed E-state index contributed by atoms with van der Waals surface area (Å²) in [6.45, 7) is 3.27. The summed E-state index contributed by atoms with van der Waals surface area (Å²) in [6.07, 6.45) is 1.78. The fourth-order valence-corrected chi connectivity index (χ4v) is 1.38. The van der Waals surface area contributed by atoms with Gasteiger partial charge < -0.3 is 10.6 Å². The van der Waals surface area contributed by atoms with Crippen LogP contribution in [0.15, 0.2) is 0 Å². The van der Waals surface area contributed by atoms with Crippen LogP contribution in [0.5, 0.6) is 0 Å². The highest BCUT2D eigenvalue weighted by Crippen LogP contribution is 2.03. The Morgan fingerprint density at radius 3 is 2.25 bits per heavy atom. The quantitative estimate of drug-likeness (QED) is 0.661. The zero-order valence-electron chi connectivity index (χ0n) is 10.1.